The molecule has 2 rings (SSSR count). The third kappa shape index (κ3) is 3.35. The summed E-state index contributed by atoms with van der Waals surface area (Å²) in [5.74, 6) is -0.196. The van der Waals surface area contributed by atoms with Crippen LogP contribution in [0, 0.1) is 12.7 Å². The lowest BCUT2D eigenvalue weighted by Gasteiger charge is -2.12. The molecule has 2 aromatic carbocycles. The number of halogens is 1. The molecular formula is C16H16FNO2. The van der Waals surface area contributed by atoms with Gasteiger partial charge in [0.25, 0.3) is 5.91 Å². The zero-order valence-corrected chi connectivity index (χ0v) is 11.4. The zero-order chi connectivity index (χ0) is 14.5. The van der Waals surface area contributed by atoms with Gasteiger partial charge in [0.15, 0.2) is 0 Å². The maximum atomic E-state index is 13.1. The van der Waals surface area contributed by atoms with Gasteiger partial charge in [0.05, 0.1) is 12.3 Å². The summed E-state index contributed by atoms with van der Waals surface area (Å²) >= 11 is 0. The number of anilines is 1. The number of rotatable bonds is 4. The Bertz CT molecular complexity index is 626. The molecule has 0 spiro atoms. The lowest BCUT2D eigenvalue weighted by atomic mass is 10.1. The fraction of sp³-hybridized carbons (Fsp3) is 0.188. The van der Waals surface area contributed by atoms with Crippen molar-refractivity contribution < 1.29 is 13.9 Å². The van der Waals surface area contributed by atoms with E-state index in [4.69, 9.17) is 4.74 Å². The van der Waals surface area contributed by atoms with Crippen LogP contribution in [0.1, 0.15) is 22.8 Å². The highest BCUT2D eigenvalue weighted by molar-refractivity contribution is 6.05. The second-order valence-electron chi connectivity index (χ2n) is 4.40. The molecule has 4 heteroatoms. The molecule has 0 saturated heterocycles. The van der Waals surface area contributed by atoms with Crippen molar-refractivity contribution in [3.05, 3.63) is 59.4 Å². The van der Waals surface area contributed by atoms with E-state index in [0.717, 1.165) is 5.56 Å². The van der Waals surface area contributed by atoms with Gasteiger partial charge in [-0.2, -0.15) is 0 Å². The van der Waals surface area contributed by atoms with Gasteiger partial charge in [0.1, 0.15) is 11.6 Å². The summed E-state index contributed by atoms with van der Waals surface area (Å²) in [6, 6.07) is 11.1. The second-order valence-corrected chi connectivity index (χ2v) is 4.40. The molecule has 0 aromatic heterocycles. The molecular weight excluding hydrogens is 257 g/mol. The van der Waals surface area contributed by atoms with Crippen molar-refractivity contribution in [2.24, 2.45) is 0 Å². The molecule has 0 radical (unpaired) electrons. The number of ether oxygens (including phenoxy) is 1. The summed E-state index contributed by atoms with van der Waals surface area (Å²) in [7, 11) is 0. The van der Waals surface area contributed by atoms with Gasteiger partial charge in [-0.05, 0) is 49.7 Å². The number of benzene rings is 2. The highest BCUT2D eigenvalue weighted by Crippen LogP contribution is 2.26. The third-order valence-electron chi connectivity index (χ3n) is 2.77. The fourth-order valence-electron chi connectivity index (χ4n) is 1.83. The molecule has 3 nitrogen and oxygen atoms in total. The van der Waals surface area contributed by atoms with Crippen LogP contribution in [0.25, 0.3) is 0 Å². The lowest BCUT2D eigenvalue weighted by molar-refractivity contribution is 0.102. The van der Waals surface area contributed by atoms with E-state index in [2.05, 4.69) is 5.32 Å². The van der Waals surface area contributed by atoms with Crippen molar-refractivity contribution in [1.82, 2.24) is 0 Å². The zero-order valence-electron chi connectivity index (χ0n) is 11.4. The standard InChI is InChI=1S/C16H16FNO2/c1-3-20-15-9-11(2)7-8-14(15)18-16(19)12-5-4-6-13(17)10-12/h4-10H,3H2,1-2H3,(H,18,19). The molecule has 1 N–H and O–H groups in total. The quantitative estimate of drug-likeness (QED) is 0.920. The second kappa shape index (κ2) is 6.19. The highest BCUT2D eigenvalue weighted by atomic mass is 19.1. The average molecular weight is 273 g/mol. The summed E-state index contributed by atoms with van der Waals surface area (Å²) in [5, 5.41) is 2.74. The molecule has 0 unspecified atom stereocenters. The Morgan fingerprint density at radius 1 is 1.25 bits per heavy atom. The third-order valence-corrected chi connectivity index (χ3v) is 2.77. The van der Waals surface area contributed by atoms with Crippen LogP contribution >= 0.6 is 0 Å². The monoisotopic (exact) mass is 273 g/mol. The van der Waals surface area contributed by atoms with Crippen molar-refractivity contribution in [1.29, 1.82) is 0 Å². The Kier molecular flexibility index (Phi) is 4.35. The molecule has 104 valence electrons. The molecule has 0 aliphatic rings. The number of hydrogen-bond donors (Lipinski definition) is 1. The smallest absolute Gasteiger partial charge is 0.255 e. The van der Waals surface area contributed by atoms with E-state index < -0.39 is 5.82 Å². The van der Waals surface area contributed by atoms with Gasteiger partial charge >= 0.3 is 0 Å². The Labute approximate surface area is 117 Å². The number of aryl methyl sites for hydroxylation is 1. The van der Waals surface area contributed by atoms with Gasteiger partial charge < -0.3 is 10.1 Å². The average Bonchev–Trinajstić information content (AvgIpc) is 2.42. The number of nitrogens with one attached hydrogen (secondary N) is 1. The van der Waals surface area contributed by atoms with Crippen molar-refractivity contribution >= 4 is 11.6 Å². The normalized spacial score (nSPS) is 10.2. The summed E-state index contributed by atoms with van der Waals surface area (Å²) < 4.78 is 18.6. The Morgan fingerprint density at radius 2 is 2.05 bits per heavy atom. The molecule has 0 saturated carbocycles. The van der Waals surface area contributed by atoms with Crippen LogP contribution in [0.3, 0.4) is 0 Å². The molecule has 0 bridgehead atoms. The molecule has 1 amide bonds. The minimum atomic E-state index is -0.438. The first kappa shape index (κ1) is 14.1. The van der Waals surface area contributed by atoms with Crippen molar-refractivity contribution in [2.45, 2.75) is 13.8 Å². The van der Waals surface area contributed by atoms with Crippen molar-refractivity contribution in [2.75, 3.05) is 11.9 Å². The molecule has 20 heavy (non-hydrogen) atoms. The summed E-state index contributed by atoms with van der Waals surface area (Å²) in [6.45, 7) is 4.33. The van der Waals surface area contributed by atoms with E-state index in [9.17, 15) is 9.18 Å². The number of amides is 1. The minimum Gasteiger partial charge on any atom is -0.492 e. The number of hydrogen-bond acceptors (Lipinski definition) is 2. The summed E-state index contributed by atoms with van der Waals surface area (Å²) in [5.41, 5.74) is 1.89. The minimum absolute atomic E-state index is 0.271. The number of carbonyl (C=O) groups excluding carboxylic acids is 1. The topological polar surface area (TPSA) is 38.3 Å². The first-order chi connectivity index (χ1) is 9.60. The van der Waals surface area contributed by atoms with Crippen LogP contribution in [-0.4, -0.2) is 12.5 Å². The van der Waals surface area contributed by atoms with Crippen molar-refractivity contribution in [3.8, 4) is 5.75 Å². The van der Waals surface area contributed by atoms with E-state index in [1.54, 1.807) is 12.1 Å². The molecule has 0 fully saturated rings. The van der Waals surface area contributed by atoms with Gasteiger partial charge in [0, 0.05) is 5.56 Å². The summed E-state index contributed by atoms with van der Waals surface area (Å²) in [6.07, 6.45) is 0. The SMILES string of the molecule is CCOc1cc(C)ccc1NC(=O)c1cccc(F)c1. The van der Waals surface area contributed by atoms with Crippen LogP contribution in [0.2, 0.25) is 0 Å². The van der Waals surface area contributed by atoms with Crippen LogP contribution < -0.4 is 10.1 Å². The first-order valence-electron chi connectivity index (χ1n) is 6.40. The first-order valence-corrected chi connectivity index (χ1v) is 6.40. The maximum Gasteiger partial charge on any atom is 0.255 e. The molecule has 0 atom stereocenters. The van der Waals surface area contributed by atoms with Gasteiger partial charge in [-0.3, -0.25) is 4.79 Å². The van der Waals surface area contributed by atoms with E-state index in [0.29, 0.717) is 18.0 Å². The predicted octanol–water partition coefficient (Wildman–Crippen LogP) is 3.79. The highest BCUT2D eigenvalue weighted by Gasteiger charge is 2.10. The van der Waals surface area contributed by atoms with Crippen LogP contribution in [0.4, 0.5) is 10.1 Å². The maximum absolute atomic E-state index is 13.1. The van der Waals surface area contributed by atoms with Gasteiger partial charge in [-0.15, -0.1) is 0 Å². The van der Waals surface area contributed by atoms with Crippen molar-refractivity contribution in [3.63, 3.8) is 0 Å². The van der Waals surface area contributed by atoms with Crippen LogP contribution in [-0.2, 0) is 0 Å². The fourth-order valence-corrected chi connectivity index (χ4v) is 1.83. The predicted molar refractivity (Wildman–Crippen MR) is 76.7 cm³/mol. The molecule has 2 aromatic rings. The summed E-state index contributed by atoms with van der Waals surface area (Å²) in [4.78, 5) is 12.1. The molecule has 0 aliphatic carbocycles. The van der Waals surface area contributed by atoms with E-state index in [-0.39, 0.29) is 11.5 Å². The molecule has 0 aliphatic heterocycles. The Hall–Kier alpha value is -2.36. The van der Waals surface area contributed by atoms with Gasteiger partial charge in [0.2, 0.25) is 0 Å². The molecule has 0 heterocycles. The van der Waals surface area contributed by atoms with Gasteiger partial charge in [-0.1, -0.05) is 12.1 Å². The Morgan fingerprint density at radius 3 is 2.75 bits per heavy atom. The number of carbonyl (C=O) groups is 1. The lowest BCUT2D eigenvalue weighted by Crippen LogP contribution is -2.13. The van der Waals surface area contributed by atoms with Gasteiger partial charge in [-0.25, -0.2) is 4.39 Å². The van der Waals surface area contributed by atoms with Crippen LogP contribution in [0.15, 0.2) is 42.5 Å². The van der Waals surface area contributed by atoms with E-state index in [1.165, 1.54) is 18.2 Å². The Balaban J connectivity index is 2.23. The van der Waals surface area contributed by atoms with E-state index in [1.807, 2.05) is 26.0 Å². The largest absolute Gasteiger partial charge is 0.492 e. The van der Waals surface area contributed by atoms with Crippen LogP contribution in [0.5, 0.6) is 5.75 Å². The van der Waals surface area contributed by atoms with E-state index >= 15 is 0 Å².